The third-order valence-electron chi connectivity index (χ3n) is 6.57. The highest BCUT2D eigenvalue weighted by Gasteiger charge is 2.41. The molecule has 34 heavy (non-hydrogen) atoms. The van der Waals surface area contributed by atoms with Gasteiger partial charge in [-0.1, -0.05) is 66.4 Å². The molecule has 6 nitrogen and oxygen atoms in total. The quantitative estimate of drug-likeness (QED) is 0.618. The first kappa shape index (κ1) is 22.5. The molecule has 0 unspecified atom stereocenters. The van der Waals surface area contributed by atoms with Crippen LogP contribution in [-0.2, 0) is 20.7 Å². The standard InChI is InChI=1S/C27H27N3O3S/c1-17-24(26(32)33-2)25(19-10-4-3-5-11-19)30-20(16-34-27(30)28-17)15-23(31)29-22-14-8-12-18-9-6-7-13-21(18)22/h3-7,9-11,13,16,22,25H,8,12,14-15H2,1-2H3,(H,29,31)/t22-,25+/m1/s1. The number of carbonyl (C=O) groups excluding carboxylic acids is 2. The predicted octanol–water partition coefficient (Wildman–Crippen LogP) is 5.02. The maximum Gasteiger partial charge on any atom is 0.338 e. The van der Waals surface area contributed by atoms with E-state index < -0.39 is 12.0 Å². The third kappa shape index (κ3) is 4.16. The molecule has 1 N–H and O–H groups in total. The van der Waals surface area contributed by atoms with Gasteiger partial charge in [-0.2, -0.15) is 0 Å². The van der Waals surface area contributed by atoms with Gasteiger partial charge in [0, 0.05) is 5.70 Å². The maximum atomic E-state index is 13.2. The van der Waals surface area contributed by atoms with Crippen LogP contribution in [0, 0.1) is 0 Å². The van der Waals surface area contributed by atoms with E-state index in [2.05, 4.69) is 28.5 Å². The molecule has 3 aliphatic rings. The molecule has 0 radical (unpaired) electrons. The van der Waals surface area contributed by atoms with E-state index >= 15 is 0 Å². The number of nitrogens with zero attached hydrogens (tertiary/aromatic N) is 2. The van der Waals surface area contributed by atoms with Crippen LogP contribution in [0.5, 0.6) is 0 Å². The summed E-state index contributed by atoms with van der Waals surface area (Å²) in [6.45, 7) is 1.83. The average molecular weight is 474 g/mol. The molecule has 0 saturated carbocycles. The number of amides is 1. The van der Waals surface area contributed by atoms with Gasteiger partial charge >= 0.3 is 5.97 Å². The molecular formula is C27H27N3O3S. The minimum Gasteiger partial charge on any atom is -0.466 e. The Kier molecular flexibility index (Phi) is 6.28. The minimum absolute atomic E-state index is 0.0271. The second-order valence-corrected chi connectivity index (χ2v) is 9.52. The lowest BCUT2D eigenvalue weighted by Gasteiger charge is -2.36. The number of esters is 1. The number of thioether (sulfide) groups is 1. The number of aliphatic imine (C=N–C) groups is 1. The summed E-state index contributed by atoms with van der Waals surface area (Å²) in [5.41, 5.74) is 5.43. The third-order valence-corrected chi connectivity index (χ3v) is 7.46. The number of allylic oxidation sites excluding steroid dienone is 1. The number of nitrogens with one attached hydrogen (secondary N) is 1. The normalized spacial score (nSPS) is 21.3. The van der Waals surface area contributed by atoms with Gasteiger partial charge in [0.25, 0.3) is 0 Å². The van der Waals surface area contributed by atoms with Gasteiger partial charge in [0.05, 0.1) is 36.9 Å². The van der Waals surface area contributed by atoms with E-state index in [9.17, 15) is 9.59 Å². The number of amidine groups is 1. The van der Waals surface area contributed by atoms with Crippen LogP contribution in [0.3, 0.4) is 0 Å². The van der Waals surface area contributed by atoms with Crippen molar-refractivity contribution < 1.29 is 14.3 Å². The van der Waals surface area contributed by atoms with Gasteiger partial charge in [0.1, 0.15) is 0 Å². The van der Waals surface area contributed by atoms with Crippen LogP contribution in [0.1, 0.15) is 55.0 Å². The zero-order chi connectivity index (χ0) is 23.7. The Morgan fingerprint density at radius 1 is 1.15 bits per heavy atom. The fraction of sp³-hybridized carbons (Fsp3) is 0.296. The van der Waals surface area contributed by atoms with Crippen molar-refractivity contribution in [2.75, 3.05) is 7.11 Å². The number of ether oxygens (including phenoxy) is 1. The SMILES string of the molecule is COC(=O)C1=C(C)N=C2SC=C(CC(=O)N[C@@H]3CCCc4ccccc43)N2[C@H]1c1ccccc1. The summed E-state index contributed by atoms with van der Waals surface area (Å²) < 4.78 is 5.11. The Morgan fingerprint density at radius 2 is 1.91 bits per heavy atom. The van der Waals surface area contributed by atoms with Crippen LogP contribution >= 0.6 is 11.8 Å². The van der Waals surface area contributed by atoms with E-state index in [1.807, 2.05) is 53.6 Å². The molecule has 1 aliphatic carbocycles. The molecule has 2 heterocycles. The highest BCUT2D eigenvalue weighted by molar-refractivity contribution is 8.16. The number of aryl methyl sites for hydroxylation is 1. The van der Waals surface area contributed by atoms with Crippen LogP contribution in [0.4, 0.5) is 0 Å². The molecule has 0 aromatic heterocycles. The Labute approximate surface area is 203 Å². The molecule has 2 atom stereocenters. The number of carbonyl (C=O) groups is 2. The van der Waals surface area contributed by atoms with Crippen LogP contribution in [0.2, 0.25) is 0 Å². The summed E-state index contributed by atoms with van der Waals surface area (Å²) in [7, 11) is 1.38. The van der Waals surface area contributed by atoms with Crippen molar-refractivity contribution in [3.63, 3.8) is 0 Å². The fourth-order valence-electron chi connectivity index (χ4n) is 5.01. The molecule has 0 saturated heterocycles. The lowest BCUT2D eigenvalue weighted by Crippen LogP contribution is -2.38. The van der Waals surface area contributed by atoms with Gasteiger partial charge < -0.3 is 15.0 Å². The van der Waals surface area contributed by atoms with Gasteiger partial charge in [-0.15, -0.1) is 0 Å². The fourth-order valence-corrected chi connectivity index (χ4v) is 5.97. The molecule has 2 aliphatic heterocycles. The molecule has 0 bridgehead atoms. The van der Waals surface area contributed by atoms with Gasteiger partial charge in [-0.05, 0) is 48.3 Å². The first-order valence-corrected chi connectivity index (χ1v) is 12.4. The second-order valence-electron chi connectivity index (χ2n) is 8.68. The molecule has 174 valence electrons. The van der Waals surface area contributed by atoms with Crippen molar-refractivity contribution >= 4 is 28.8 Å². The van der Waals surface area contributed by atoms with Crippen LogP contribution in [-0.4, -0.2) is 29.1 Å². The number of hydrogen-bond donors (Lipinski definition) is 1. The lowest BCUT2D eigenvalue weighted by atomic mass is 9.87. The predicted molar refractivity (Wildman–Crippen MR) is 134 cm³/mol. The Bertz CT molecular complexity index is 1220. The van der Waals surface area contributed by atoms with Crippen molar-refractivity contribution in [3.05, 3.63) is 93.7 Å². The summed E-state index contributed by atoms with van der Waals surface area (Å²) >= 11 is 1.48. The maximum absolute atomic E-state index is 13.2. The van der Waals surface area contributed by atoms with Crippen molar-refractivity contribution in [1.82, 2.24) is 10.2 Å². The second kappa shape index (κ2) is 9.50. The van der Waals surface area contributed by atoms with E-state index in [1.165, 1.54) is 30.0 Å². The van der Waals surface area contributed by atoms with Gasteiger partial charge in [0.15, 0.2) is 5.17 Å². The molecule has 1 amide bonds. The highest BCUT2D eigenvalue weighted by Crippen LogP contribution is 2.44. The average Bonchev–Trinajstić information content (AvgIpc) is 3.25. The number of rotatable bonds is 5. The summed E-state index contributed by atoms with van der Waals surface area (Å²) in [5, 5.41) is 5.98. The number of benzene rings is 2. The van der Waals surface area contributed by atoms with E-state index in [0.717, 1.165) is 35.7 Å². The molecule has 0 fully saturated rings. The molecule has 2 aromatic rings. The summed E-state index contributed by atoms with van der Waals surface area (Å²) in [6, 6.07) is 17.8. The monoisotopic (exact) mass is 473 g/mol. The number of hydrogen-bond acceptors (Lipinski definition) is 6. The van der Waals surface area contributed by atoms with E-state index in [0.29, 0.717) is 11.3 Å². The van der Waals surface area contributed by atoms with Crippen molar-refractivity contribution in [3.8, 4) is 0 Å². The number of methoxy groups -OCH3 is 1. The van der Waals surface area contributed by atoms with Crippen LogP contribution in [0.25, 0.3) is 0 Å². The lowest BCUT2D eigenvalue weighted by molar-refractivity contribution is -0.136. The van der Waals surface area contributed by atoms with E-state index in [1.54, 1.807) is 0 Å². The molecule has 0 spiro atoms. The van der Waals surface area contributed by atoms with E-state index in [4.69, 9.17) is 4.74 Å². The summed E-state index contributed by atoms with van der Waals surface area (Å²) in [4.78, 5) is 32.7. The number of fused-ring (bicyclic) bond motifs is 2. The van der Waals surface area contributed by atoms with Crippen molar-refractivity contribution in [2.24, 2.45) is 4.99 Å². The van der Waals surface area contributed by atoms with Gasteiger partial charge in [-0.3, -0.25) is 4.79 Å². The Hall–Kier alpha value is -3.32. The van der Waals surface area contributed by atoms with Gasteiger partial charge in [-0.25, -0.2) is 9.79 Å². The molecule has 5 rings (SSSR count). The molecular weight excluding hydrogens is 446 g/mol. The molecule has 2 aromatic carbocycles. The van der Waals surface area contributed by atoms with Gasteiger partial charge in [0.2, 0.25) is 5.91 Å². The van der Waals surface area contributed by atoms with Crippen molar-refractivity contribution in [2.45, 2.75) is 44.7 Å². The first-order valence-electron chi connectivity index (χ1n) is 11.5. The Balaban J connectivity index is 1.41. The summed E-state index contributed by atoms with van der Waals surface area (Å²) in [6.07, 6.45) is 3.26. The largest absolute Gasteiger partial charge is 0.466 e. The first-order chi connectivity index (χ1) is 16.6. The zero-order valence-electron chi connectivity index (χ0n) is 19.3. The van der Waals surface area contributed by atoms with E-state index in [-0.39, 0.29) is 18.4 Å². The Morgan fingerprint density at radius 3 is 2.71 bits per heavy atom. The minimum atomic E-state index is -0.409. The molecule has 7 heteroatoms. The van der Waals surface area contributed by atoms with Crippen molar-refractivity contribution in [1.29, 1.82) is 0 Å². The van der Waals surface area contributed by atoms with Crippen LogP contribution < -0.4 is 5.32 Å². The highest BCUT2D eigenvalue weighted by atomic mass is 32.2. The zero-order valence-corrected chi connectivity index (χ0v) is 20.1. The smallest absolute Gasteiger partial charge is 0.338 e. The topological polar surface area (TPSA) is 71.0 Å². The summed E-state index contributed by atoms with van der Waals surface area (Å²) in [5.74, 6) is -0.443. The van der Waals surface area contributed by atoms with Crippen LogP contribution in [0.15, 0.2) is 82.0 Å².